The van der Waals surface area contributed by atoms with Gasteiger partial charge in [-0.1, -0.05) is 39.0 Å². The van der Waals surface area contributed by atoms with Crippen LogP contribution in [0.2, 0.25) is 0 Å². The molecule has 0 aliphatic heterocycles. The van der Waals surface area contributed by atoms with E-state index < -0.39 is 4.92 Å². The normalized spacial score (nSPS) is 10.4. The lowest BCUT2D eigenvalue weighted by Crippen LogP contribution is -2.00. The Kier molecular flexibility index (Phi) is 6.93. The maximum Gasteiger partial charge on any atom is 0.273 e. The lowest BCUT2D eigenvalue weighted by atomic mass is 10.1. The second kappa shape index (κ2) is 8.51. The van der Waals surface area contributed by atoms with Crippen molar-refractivity contribution in [2.24, 2.45) is 0 Å². The molecule has 1 rings (SSSR count). The Bertz CT molecular complexity index is 404. The second-order valence-corrected chi connectivity index (χ2v) is 4.82. The van der Waals surface area contributed by atoms with E-state index in [1.54, 1.807) is 6.07 Å². The standard InChI is InChI=1S/C15H23NO3/c1-3-4-5-6-7-8-11-19-15-12-14(16(17)18)10-9-13(15)2/h9-10,12H,3-8,11H2,1-2H3. The number of nitro groups is 1. The predicted octanol–water partition coefficient (Wildman–Crippen LogP) is 4.64. The smallest absolute Gasteiger partial charge is 0.273 e. The van der Waals surface area contributed by atoms with Crippen molar-refractivity contribution in [2.45, 2.75) is 52.4 Å². The Morgan fingerprint density at radius 3 is 2.53 bits per heavy atom. The van der Waals surface area contributed by atoms with E-state index in [2.05, 4.69) is 6.92 Å². The van der Waals surface area contributed by atoms with Crippen LogP contribution in [0.5, 0.6) is 5.75 Å². The number of hydrogen-bond donors (Lipinski definition) is 0. The van der Waals surface area contributed by atoms with E-state index in [4.69, 9.17) is 4.74 Å². The molecule has 0 unspecified atom stereocenters. The molecule has 106 valence electrons. The molecule has 0 aromatic heterocycles. The van der Waals surface area contributed by atoms with Crippen LogP contribution in [0.25, 0.3) is 0 Å². The number of aryl methyl sites for hydroxylation is 1. The Morgan fingerprint density at radius 1 is 1.16 bits per heavy atom. The number of nitrogens with zero attached hydrogens (tertiary/aromatic N) is 1. The summed E-state index contributed by atoms with van der Waals surface area (Å²) in [6.45, 7) is 4.74. The second-order valence-electron chi connectivity index (χ2n) is 4.82. The molecule has 0 radical (unpaired) electrons. The summed E-state index contributed by atoms with van der Waals surface area (Å²) in [5.41, 5.74) is 1.03. The summed E-state index contributed by atoms with van der Waals surface area (Å²) in [6, 6.07) is 4.74. The number of ether oxygens (including phenoxy) is 1. The van der Waals surface area contributed by atoms with E-state index in [9.17, 15) is 10.1 Å². The molecule has 0 amide bonds. The van der Waals surface area contributed by atoms with Crippen LogP contribution in [0, 0.1) is 17.0 Å². The van der Waals surface area contributed by atoms with Gasteiger partial charge in [-0.25, -0.2) is 0 Å². The molecule has 0 atom stereocenters. The lowest BCUT2D eigenvalue weighted by molar-refractivity contribution is -0.384. The van der Waals surface area contributed by atoms with Crippen molar-refractivity contribution >= 4 is 5.69 Å². The van der Waals surface area contributed by atoms with Crippen molar-refractivity contribution in [3.05, 3.63) is 33.9 Å². The summed E-state index contributed by atoms with van der Waals surface area (Å²) >= 11 is 0. The first-order chi connectivity index (χ1) is 9.15. The van der Waals surface area contributed by atoms with E-state index in [1.165, 1.54) is 37.8 Å². The highest BCUT2D eigenvalue weighted by atomic mass is 16.6. The van der Waals surface area contributed by atoms with Crippen molar-refractivity contribution in [3.8, 4) is 5.75 Å². The van der Waals surface area contributed by atoms with Gasteiger partial charge in [0.25, 0.3) is 5.69 Å². The molecule has 0 N–H and O–H groups in total. The van der Waals surface area contributed by atoms with Gasteiger partial charge in [0.05, 0.1) is 17.6 Å². The zero-order chi connectivity index (χ0) is 14.1. The molecule has 4 nitrogen and oxygen atoms in total. The molecule has 0 saturated carbocycles. The van der Waals surface area contributed by atoms with Crippen LogP contribution in [0.3, 0.4) is 0 Å². The van der Waals surface area contributed by atoms with Crippen LogP contribution in [-0.4, -0.2) is 11.5 Å². The zero-order valence-corrected chi connectivity index (χ0v) is 11.9. The third-order valence-corrected chi connectivity index (χ3v) is 3.14. The molecule has 1 aromatic carbocycles. The van der Waals surface area contributed by atoms with Gasteiger partial charge >= 0.3 is 0 Å². The summed E-state index contributed by atoms with van der Waals surface area (Å²) < 4.78 is 5.63. The first kappa shape index (κ1) is 15.5. The summed E-state index contributed by atoms with van der Waals surface area (Å²) in [5.74, 6) is 0.628. The quantitative estimate of drug-likeness (QED) is 0.371. The number of rotatable bonds is 9. The van der Waals surface area contributed by atoms with Crippen molar-refractivity contribution in [2.75, 3.05) is 6.61 Å². The number of nitro benzene ring substituents is 1. The molecule has 0 spiro atoms. The molecule has 0 aliphatic rings. The average Bonchev–Trinajstić information content (AvgIpc) is 2.39. The highest BCUT2D eigenvalue weighted by Gasteiger charge is 2.09. The van der Waals surface area contributed by atoms with Gasteiger partial charge < -0.3 is 4.74 Å². The minimum absolute atomic E-state index is 0.0866. The minimum Gasteiger partial charge on any atom is -0.493 e. The van der Waals surface area contributed by atoms with Gasteiger partial charge in [-0.05, 0) is 25.0 Å². The Hall–Kier alpha value is -1.58. The molecule has 0 fully saturated rings. The third kappa shape index (κ3) is 5.73. The first-order valence-electron chi connectivity index (χ1n) is 7.03. The largest absolute Gasteiger partial charge is 0.493 e. The van der Waals surface area contributed by atoms with Crippen LogP contribution in [0.15, 0.2) is 18.2 Å². The van der Waals surface area contributed by atoms with E-state index in [-0.39, 0.29) is 5.69 Å². The fourth-order valence-electron chi connectivity index (χ4n) is 1.92. The molecule has 19 heavy (non-hydrogen) atoms. The number of benzene rings is 1. The van der Waals surface area contributed by atoms with E-state index in [0.29, 0.717) is 12.4 Å². The first-order valence-corrected chi connectivity index (χ1v) is 7.03. The zero-order valence-electron chi connectivity index (χ0n) is 11.9. The molecule has 0 saturated heterocycles. The van der Waals surface area contributed by atoms with Crippen molar-refractivity contribution < 1.29 is 9.66 Å². The molecule has 1 aromatic rings. The maximum absolute atomic E-state index is 10.7. The monoisotopic (exact) mass is 265 g/mol. The topological polar surface area (TPSA) is 52.4 Å². The van der Waals surface area contributed by atoms with E-state index >= 15 is 0 Å². The van der Waals surface area contributed by atoms with Crippen LogP contribution < -0.4 is 4.74 Å². The van der Waals surface area contributed by atoms with Crippen molar-refractivity contribution in [1.29, 1.82) is 0 Å². The fourth-order valence-corrected chi connectivity index (χ4v) is 1.92. The van der Waals surface area contributed by atoms with Crippen molar-refractivity contribution in [3.63, 3.8) is 0 Å². The summed E-state index contributed by atoms with van der Waals surface area (Å²) in [6.07, 6.45) is 7.24. The van der Waals surface area contributed by atoms with Crippen LogP contribution in [0.4, 0.5) is 5.69 Å². The van der Waals surface area contributed by atoms with Gasteiger partial charge in [0.1, 0.15) is 5.75 Å². The molecule has 0 bridgehead atoms. The predicted molar refractivity (Wildman–Crippen MR) is 76.7 cm³/mol. The van der Waals surface area contributed by atoms with Crippen LogP contribution in [-0.2, 0) is 0 Å². The highest BCUT2D eigenvalue weighted by molar-refractivity contribution is 5.43. The van der Waals surface area contributed by atoms with Gasteiger partial charge in [-0.15, -0.1) is 0 Å². The third-order valence-electron chi connectivity index (χ3n) is 3.14. The summed E-state index contributed by atoms with van der Waals surface area (Å²) in [4.78, 5) is 10.3. The Labute approximate surface area is 114 Å². The lowest BCUT2D eigenvalue weighted by Gasteiger charge is -2.08. The van der Waals surface area contributed by atoms with Gasteiger partial charge in [0.15, 0.2) is 0 Å². The van der Waals surface area contributed by atoms with Crippen molar-refractivity contribution in [1.82, 2.24) is 0 Å². The van der Waals surface area contributed by atoms with Gasteiger partial charge in [0, 0.05) is 6.07 Å². The summed E-state index contributed by atoms with van der Waals surface area (Å²) in [5, 5.41) is 10.7. The molecule has 4 heteroatoms. The van der Waals surface area contributed by atoms with E-state index in [1.807, 2.05) is 6.92 Å². The molecular weight excluding hydrogens is 242 g/mol. The highest BCUT2D eigenvalue weighted by Crippen LogP contribution is 2.24. The number of hydrogen-bond acceptors (Lipinski definition) is 3. The van der Waals surface area contributed by atoms with E-state index in [0.717, 1.165) is 18.4 Å². The molecule has 0 aliphatic carbocycles. The Balaban J connectivity index is 2.32. The molecule has 0 heterocycles. The average molecular weight is 265 g/mol. The maximum atomic E-state index is 10.7. The van der Waals surface area contributed by atoms with Gasteiger partial charge in [-0.3, -0.25) is 10.1 Å². The minimum atomic E-state index is -0.392. The SMILES string of the molecule is CCCCCCCCOc1cc([N+](=O)[O-])ccc1C. The molecular formula is C15H23NO3. The fraction of sp³-hybridized carbons (Fsp3) is 0.600. The number of non-ortho nitro benzene ring substituents is 1. The van der Waals surface area contributed by atoms with Crippen LogP contribution >= 0.6 is 0 Å². The van der Waals surface area contributed by atoms with Gasteiger partial charge in [0.2, 0.25) is 0 Å². The Morgan fingerprint density at radius 2 is 1.84 bits per heavy atom. The summed E-state index contributed by atoms with van der Waals surface area (Å²) in [7, 11) is 0. The number of unbranched alkanes of at least 4 members (excludes halogenated alkanes) is 5. The van der Waals surface area contributed by atoms with Gasteiger partial charge in [-0.2, -0.15) is 0 Å². The van der Waals surface area contributed by atoms with Crippen LogP contribution in [0.1, 0.15) is 51.0 Å².